The molecule has 2 heteroatoms. The second-order valence-electron chi connectivity index (χ2n) is 4.62. The molecule has 0 heterocycles. The van der Waals surface area contributed by atoms with Gasteiger partial charge in [-0.15, -0.1) is 0 Å². The Labute approximate surface area is 94.3 Å². The molecule has 1 aliphatic rings. The van der Waals surface area contributed by atoms with Crippen LogP contribution in [0.4, 0.5) is 0 Å². The molecule has 0 saturated heterocycles. The Kier molecular flexibility index (Phi) is 7.03. The quantitative estimate of drug-likeness (QED) is 0.361. The molecule has 0 aliphatic heterocycles. The largest absolute Gasteiger partial charge is 0.236 e. The van der Waals surface area contributed by atoms with Gasteiger partial charge >= 0.3 is 0 Å². The van der Waals surface area contributed by atoms with Crippen LogP contribution in [0.25, 0.3) is 0 Å². The lowest BCUT2D eigenvalue weighted by Crippen LogP contribution is -2.25. The summed E-state index contributed by atoms with van der Waals surface area (Å²) >= 11 is 0. The predicted octanol–water partition coefficient (Wildman–Crippen LogP) is 4.09. The van der Waals surface area contributed by atoms with Crippen molar-refractivity contribution in [3.8, 4) is 0 Å². The normalized spacial score (nSPS) is 20.4. The topological polar surface area (TPSA) is 18.5 Å². The second kappa shape index (κ2) is 8.12. The summed E-state index contributed by atoms with van der Waals surface area (Å²) in [5.74, 6) is 0.741. The van der Waals surface area contributed by atoms with E-state index in [0.717, 1.165) is 25.4 Å². The smallest absolute Gasteiger partial charge is 0.0955 e. The third kappa shape index (κ3) is 4.98. The van der Waals surface area contributed by atoms with Crippen LogP contribution in [0.3, 0.4) is 0 Å². The summed E-state index contributed by atoms with van der Waals surface area (Å²) in [5, 5.41) is 0. The van der Waals surface area contributed by atoms with Crippen LogP contribution in [0.2, 0.25) is 0 Å². The van der Waals surface area contributed by atoms with E-state index in [2.05, 4.69) is 13.8 Å². The molecule has 0 radical (unpaired) electrons. The van der Waals surface area contributed by atoms with Gasteiger partial charge in [0.05, 0.1) is 12.7 Å². The predicted molar refractivity (Wildman–Crippen MR) is 62.6 cm³/mol. The first-order chi connectivity index (χ1) is 7.38. The molecule has 90 valence electrons. The van der Waals surface area contributed by atoms with Crippen LogP contribution >= 0.6 is 0 Å². The first-order valence-corrected chi connectivity index (χ1v) is 6.66. The molecule has 2 nitrogen and oxygen atoms in total. The van der Waals surface area contributed by atoms with Crippen LogP contribution in [0, 0.1) is 5.92 Å². The Morgan fingerprint density at radius 1 is 1.13 bits per heavy atom. The van der Waals surface area contributed by atoms with Gasteiger partial charge in [-0.05, 0) is 31.6 Å². The molecular formula is C13H26O2. The van der Waals surface area contributed by atoms with Gasteiger partial charge in [-0.25, -0.2) is 9.78 Å². The van der Waals surface area contributed by atoms with E-state index >= 15 is 0 Å². The first-order valence-electron chi connectivity index (χ1n) is 6.66. The van der Waals surface area contributed by atoms with E-state index in [4.69, 9.17) is 9.78 Å². The number of hydrogen-bond donors (Lipinski definition) is 0. The Morgan fingerprint density at radius 2 is 1.87 bits per heavy atom. The Bertz CT molecular complexity index is 141. The average molecular weight is 214 g/mol. The van der Waals surface area contributed by atoms with Crippen molar-refractivity contribution in [1.82, 2.24) is 0 Å². The Hall–Kier alpha value is -0.0800. The molecule has 1 atom stereocenters. The number of unbranched alkanes of at least 4 members (excludes halogenated alkanes) is 1. The molecule has 0 N–H and O–H groups in total. The minimum atomic E-state index is 0.335. The van der Waals surface area contributed by atoms with Crippen LogP contribution < -0.4 is 0 Å². The molecule has 1 unspecified atom stereocenters. The molecule has 1 fully saturated rings. The lowest BCUT2D eigenvalue weighted by molar-refractivity contribution is -0.335. The van der Waals surface area contributed by atoms with Gasteiger partial charge in [0.2, 0.25) is 0 Å². The Morgan fingerprint density at radius 3 is 2.47 bits per heavy atom. The molecule has 0 amide bonds. The van der Waals surface area contributed by atoms with E-state index in [1.807, 2.05) is 0 Å². The fourth-order valence-corrected chi connectivity index (χ4v) is 2.32. The summed E-state index contributed by atoms with van der Waals surface area (Å²) in [6.07, 6.45) is 10.5. The second-order valence-corrected chi connectivity index (χ2v) is 4.62. The lowest BCUT2D eigenvalue weighted by Gasteiger charge is -2.28. The zero-order valence-electron chi connectivity index (χ0n) is 10.3. The molecule has 0 aromatic rings. The third-order valence-corrected chi connectivity index (χ3v) is 3.35. The molecule has 0 aromatic carbocycles. The van der Waals surface area contributed by atoms with Gasteiger partial charge in [-0.3, -0.25) is 0 Å². The van der Waals surface area contributed by atoms with Gasteiger partial charge < -0.3 is 0 Å². The average Bonchev–Trinajstić information content (AvgIpc) is 2.30. The van der Waals surface area contributed by atoms with Crippen molar-refractivity contribution in [2.24, 2.45) is 5.92 Å². The standard InChI is InChI=1S/C13H26O2/c1-3-5-11-14-15-13(4-2)12-9-7-6-8-10-12/h12-13H,3-11H2,1-2H3. The molecule has 1 saturated carbocycles. The van der Waals surface area contributed by atoms with Gasteiger partial charge in [0.25, 0.3) is 0 Å². The number of hydrogen-bond acceptors (Lipinski definition) is 2. The maximum absolute atomic E-state index is 5.53. The maximum Gasteiger partial charge on any atom is 0.0955 e. The summed E-state index contributed by atoms with van der Waals surface area (Å²) in [4.78, 5) is 10.8. The first kappa shape index (κ1) is 13.0. The highest BCUT2D eigenvalue weighted by atomic mass is 17.2. The minimum Gasteiger partial charge on any atom is -0.236 e. The fraction of sp³-hybridized carbons (Fsp3) is 1.00. The van der Waals surface area contributed by atoms with Crippen molar-refractivity contribution in [1.29, 1.82) is 0 Å². The van der Waals surface area contributed by atoms with Gasteiger partial charge in [0, 0.05) is 0 Å². The van der Waals surface area contributed by atoms with E-state index in [-0.39, 0.29) is 0 Å². The van der Waals surface area contributed by atoms with Crippen molar-refractivity contribution < 1.29 is 9.78 Å². The fourth-order valence-electron chi connectivity index (χ4n) is 2.32. The van der Waals surface area contributed by atoms with Crippen LogP contribution in [0.5, 0.6) is 0 Å². The summed E-state index contributed by atoms with van der Waals surface area (Å²) < 4.78 is 0. The summed E-state index contributed by atoms with van der Waals surface area (Å²) in [7, 11) is 0. The van der Waals surface area contributed by atoms with Crippen LogP contribution in [-0.4, -0.2) is 12.7 Å². The SMILES string of the molecule is CCCCOOC(CC)C1CCCCC1. The van der Waals surface area contributed by atoms with E-state index in [1.165, 1.54) is 38.5 Å². The third-order valence-electron chi connectivity index (χ3n) is 3.35. The molecule has 15 heavy (non-hydrogen) atoms. The van der Waals surface area contributed by atoms with Crippen molar-refractivity contribution in [2.45, 2.75) is 71.3 Å². The Balaban J connectivity index is 2.15. The summed E-state index contributed by atoms with van der Waals surface area (Å²) in [6.45, 7) is 5.12. The van der Waals surface area contributed by atoms with Crippen molar-refractivity contribution in [3.63, 3.8) is 0 Å². The molecule has 0 spiro atoms. The highest BCUT2D eigenvalue weighted by Crippen LogP contribution is 2.29. The van der Waals surface area contributed by atoms with Crippen LogP contribution in [-0.2, 0) is 9.78 Å². The molecule has 0 aromatic heterocycles. The van der Waals surface area contributed by atoms with Crippen LogP contribution in [0.1, 0.15) is 65.2 Å². The molecule has 1 aliphatic carbocycles. The zero-order valence-corrected chi connectivity index (χ0v) is 10.3. The van der Waals surface area contributed by atoms with Crippen molar-refractivity contribution in [3.05, 3.63) is 0 Å². The van der Waals surface area contributed by atoms with E-state index < -0.39 is 0 Å². The molecule has 1 rings (SSSR count). The molecule has 0 bridgehead atoms. The highest BCUT2D eigenvalue weighted by molar-refractivity contribution is 4.72. The minimum absolute atomic E-state index is 0.335. The van der Waals surface area contributed by atoms with Crippen LogP contribution in [0.15, 0.2) is 0 Å². The lowest BCUT2D eigenvalue weighted by atomic mass is 9.84. The summed E-state index contributed by atoms with van der Waals surface area (Å²) in [5.41, 5.74) is 0. The highest BCUT2D eigenvalue weighted by Gasteiger charge is 2.23. The van der Waals surface area contributed by atoms with Crippen molar-refractivity contribution >= 4 is 0 Å². The molecular weight excluding hydrogens is 188 g/mol. The van der Waals surface area contributed by atoms with Gasteiger partial charge in [-0.2, -0.15) is 0 Å². The zero-order chi connectivity index (χ0) is 10.9. The summed E-state index contributed by atoms with van der Waals surface area (Å²) in [6, 6.07) is 0. The number of rotatable bonds is 7. The van der Waals surface area contributed by atoms with Gasteiger partial charge in [0.1, 0.15) is 0 Å². The van der Waals surface area contributed by atoms with E-state index in [0.29, 0.717) is 6.10 Å². The van der Waals surface area contributed by atoms with Gasteiger partial charge in [-0.1, -0.05) is 39.5 Å². The van der Waals surface area contributed by atoms with E-state index in [1.54, 1.807) is 0 Å². The maximum atomic E-state index is 5.53. The van der Waals surface area contributed by atoms with Crippen molar-refractivity contribution in [2.75, 3.05) is 6.61 Å². The van der Waals surface area contributed by atoms with Gasteiger partial charge in [0.15, 0.2) is 0 Å². The monoisotopic (exact) mass is 214 g/mol. The van der Waals surface area contributed by atoms with E-state index in [9.17, 15) is 0 Å².